The van der Waals surface area contributed by atoms with Gasteiger partial charge < -0.3 is 29.5 Å². The highest BCUT2D eigenvalue weighted by Gasteiger charge is 2.43. The molecule has 0 bridgehead atoms. The van der Waals surface area contributed by atoms with E-state index in [0.717, 1.165) is 0 Å². The Hall–Kier alpha value is -7.06. The lowest BCUT2D eigenvalue weighted by atomic mass is 10.0. The van der Waals surface area contributed by atoms with E-state index in [1.807, 2.05) is 0 Å². The van der Waals surface area contributed by atoms with E-state index in [9.17, 15) is 38.2 Å². The van der Waals surface area contributed by atoms with E-state index in [1.165, 1.54) is 69.9 Å². The second kappa shape index (κ2) is 17.7. The van der Waals surface area contributed by atoms with E-state index in [2.05, 4.69) is 53.9 Å². The predicted octanol–water partition coefficient (Wildman–Crippen LogP) is 3.61. The fourth-order valence-electron chi connectivity index (χ4n) is 6.32. The van der Waals surface area contributed by atoms with Crippen LogP contribution in [-0.2, 0) is 19.1 Å². The first kappa shape index (κ1) is 43.5. The molecule has 6 heterocycles. The van der Waals surface area contributed by atoms with Crippen molar-refractivity contribution in [2.24, 2.45) is 0 Å². The van der Waals surface area contributed by atoms with Gasteiger partial charge in [0.15, 0.2) is 22.7 Å². The van der Waals surface area contributed by atoms with Gasteiger partial charge in [0.25, 0.3) is 11.8 Å². The summed E-state index contributed by atoms with van der Waals surface area (Å²) in [5.74, 6) is 4.24. The van der Waals surface area contributed by atoms with Gasteiger partial charge in [-0.25, -0.2) is 37.7 Å². The third kappa shape index (κ3) is 8.94. The van der Waals surface area contributed by atoms with Gasteiger partial charge in [-0.1, -0.05) is 33.7 Å². The average Bonchev–Trinajstić information content (AvgIpc) is 3.98. The number of terminal acetylenes is 1. The molecule has 2 aliphatic rings. The molecule has 2 N–H and O–H groups in total. The number of fused-ring (bicyclic) bond motifs is 2. The molecule has 2 amide bonds. The van der Waals surface area contributed by atoms with Crippen LogP contribution in [0.4, 0.5) is 8.78 Å². The summed E-state index contributed by atoms with van der Waals surface area (Å²) in [5, 5.41) is 29.2. The zero-order chi connectivity index (χ0) is 44.2. The Morgan fingerprint density at radius 2 is 1.25 bits per heavy atom. The zero-order valence-electron chi connectivity index (χ0n) is 32.9. The molecular weight excluding hydrogens is 862 g/mol. The van der Waals surface area contributed by atoms with Crippen molar-refractivity contribution in [1.82, 2.24) is 39.3 Å². The predicted molar refractivity (Wildman–Crippen MR) is 218 cm³/mol. The molecule has 2 aliphatic heterocycles. The molecule has 19 heteroatoms. The van der Waals surface area contributed by atoms with Crippen molar-refractivity contribution in [2.45, 2.75) is 24.0 Å². The third-order valence-electron chi connectivity index (χ3n) is 9.53. The lowest BCUT2D eigenvalue weighted by Crippen LogP contribution is -2.37. The second-order valence-electron chi connectivity index (χ2n) is 13.6. The summed E-state index contributed by atoms with van der Waals surface area (Å²) < 4.78 is 40.7. The number of benzene rings is 2. The number of aromatic nitrogens is 6. The minimum atomic E-state index is -1.79. The number of carbonyl (C=O) groups is 4. The number of rotatable bonds is 4. The number of methoxy groups -OCH3 is 2. The van der Waals surface area contributed by atoms with Gasteiger partial charge >= 0.3 is 11.9 Å². The number of ether oxygens (including phenoxy) is 2. The third-order valence-corrected chi connectivity index (χ3v) is 9.99. The van der Waals surface area contributed by atoms with Gasteiger partial charge in [0, 0.05) is 62.5 Å². The fourth-order valence-corrected chi connectivity index (χ4v) is 6.77. The Balaban J connectivity index is 0.000000173. The van der Waals surface area contributed by atoms with Crippen LogP contribution in [-0.4, -0.2) is 126 Å². The molecule has 61 heavy (non-hydrogen) atoms. The van der Waals surface area contributed by atoms with Gasteiger partial charge in [0.2, 0.25) is 11.2 Å². The molecule has 0 unspecified atom stereocenters. The second-order valence-corrected chi connectivity index (χ2v) is 14.6. The summed E-state index contributed by atoms with van der Waals surface area (Å²) in [6, 6.07) is 15.0. The lowest BCUT2D eigenvalue weighted by molar-refractivity contribution is -0.138. The van der Waals surface area contributed by atoms with Crippen molar-refractivity contribution in [3.63, 3.8) is 0 Å². The van der Waals surface area contributed by atoms with Crippen LogP contribution in [0.5, 0.6) is 0 Å². The highest BCUT2D eigenvalue weighted by Crippen LogP contribution is 2.26. The number of likely N-dealkylation sites (tertiary alicyclic amines) is 2. The van der Waals surface area contributed by atoms with Crippen molar-refractivity contribution < 1.29 is 47.6 Å². The number of hydrogen-bond acceptors (Lipinski definition) is 12. The number of halogens is 3. The molecule has 2 aromatic carbocycles. The van der Waals surface area contributed by atoms with Crippen LogP contribution >= 0.6 is 15.9 Å². The minimum absolute atomic E-state index is 0.0476. The van der Waals surface area contributed by atoms with E-state index in [0.29, 0.717) is 51.7 Å². The first-order valence-corrected chi connectivity index (χ1v) is 18.9. The molecule has 8 rings (SSSR count). The average molecular weight is 898 g/mol. The number of pyridine rings is 2. The largest absolute Gasteiger partial charge is 0.464 e. The molecule has 2 fully saturated rings. The Morgan fingerprint density at radius 3 is 1.67 bits per heavy atom. The summed E-state index contributed by atoms with van der Waals surface area (Å²) in [6.07, 6.45) is 8.60. The van der Waals surface area contributed by atoms with Crippen LogP contribution in [0.25, 0.3) is 33.4 Å². The van der Waals surface area contributed by atoms with Crippen molar-refractivity contribution in [3.8, 4) is 35.6 Å². The lowest BCUT2D eigenvalue weighted by Gasteiger charge is -2.13. The molecule has 6 aromatic rings. The number of amides is 2. The van der Waals surface area contributed by atoms with Crippen LogP contribution in [0, 0.1) is 35.8 Å². The van der Waals surface area contributed by atoms with Crippen molar-refractivity contribution in [3.05, 3.63) is 106 Å². The van der Waals surface area contributed by atoms with Crippen LogP contribution in [0.1, 0.15) is 39.4 Å². The first-order chi connectivity index (χ1) is 29.0. The van der Waals surface area contributed by atoms with Gasteiger partial charge in [-0.05, 0) is 60.7 Å². The van der Waals surface area contributed by atoms with Gasteiger partial charge in [-0.3, -0.25) is 9.59 Å². The Morgan fingerprint density at radius 1 is 0.770 bits per heavy atom. The molecular formula is C42H35BrF2N8O8. The number of esters is 2. The molecule has 0 radical (unpaired) electrons. The molecule has 4 aromatic heterocycles. The molecule has 2 saturated heterocycles. The normalized spacial score (nSPS) is 18.1. The molecule has 2 atom stereocenters. The Kier molecular flexibility index (Phi) is 12.6. The van der Waals surface area contributed by atoms with Crippen LogP contribution < -0.4 is 0 Å². The van der Waals surface area contributed by atoms with E-state index in [-0.39, 0.29) is 35.0 Å². The molecule has 16 nitrogen and oxygen atoms in total. The van der Waals surface area contributed by atoms with Crippen molar-refractivity contribution in [1.29, 1.82) is 0 Å². The summed E-state index contributed by atoms with van der Waals surface area (Å²) in [4.78, 5) is 58.2. The molecule has 312 valence electrons. The summed E-state index contributed by atoms with van der Waals surface area (Å²) in [6.45, 7) is 0.930. The van der Waals surface area contributed by atoms with E-state index in [1.54, 1.807) is 50.6 Å². The van der Waals surface area contributed by atoms with Crippen LogP contribution in [0.3, 0.4) is 0 Å². The van der Waals surface area contributed by atoms with E-state index < -0.39 is 40.7 Å². The number of hydrogen-bond donors (Lipinski definition) is 2. The topological polar surface area (TPSA) is 195 Å². The maximum atomic E-state index is 14.3. The monoisotopic (exact) mass is 896 g/mol. The molecule has 0 aliphatic carbocycles. The van der Waals surface area contributed by atoms with Crippen LogP contribution in [0.15, 0.2) is 77.5 Å². The van der Waals surface area contributed by atoms with Crippen LogP contribution in [0.2, 0.25) is 0 Å². The minimum Gasteiger partial charge on any atom is -0.464 e. The van der Waals surface area contributed by atoms with E-state index in [4.69, 9.17) is 15.9 Å². The maximum absolute atomic E-state index is 14.3. The highest BCUT2D eigenvalue weighted by molar-refractivity contribution is 9.10. The Labute approximate surface area is 354 Å². The standard InChI is InChI=1S/C21H17FN4O4.C14H9BrFN3O2.C7H9NO2/c1-25-9-7-21(29,20(25)28)6-5-13-10-14(22)12-15(11-13)26-18-16(4-3-8-23-18)17(24-26)19(27)30-2;1-21-14(20)12-11-3-2-4-17-13(11)19(18-12)10-6-8(15)5-9(16)7-10;1-3-7(10)4-5-8(2)6(7)9/h3-4,8,10-12,29H,7,9H2,1-2H3;2-7H,1H3;1,10H,4-5H2,2H3/t21-;;7-/m0.0/s1. The van der Waals surface area contributed by atoms with Crippen molar-refractivity contribution in [2.75, 3.05) is 41.4 Å². The number of carbonyl (C=O) groups excluding carboxylic acids is 4. The zero-order valence-corrected chi connectivity index (χ0v) is 34.5. The van der Waals surface area contributed by atoms with Gasteiger partial charge in [0.05, 0.1) is 36.4 Å². The summed E-state index contributed by atoms with van der Waals surface area (Å²) in [5.41, 5.74) is -1.36. The number of likely N-dealkylation sites (N-methyl/N-ethyl adjacent to an activating group) is 2. The summed E-state index contributed by atoms with van der Waals surface area (Å²) >= 11 is 3.23. The summed E-state index contributed by atoms with van der Waals surface area (Å²) in [7, 11) is 5.73. The smallest absolute Gasteiger partial charge is 0.359 e. The fraction of sp³-hybridized carbons (Fsp3) is 0.238. The SMILES string of the molecule is C#C[C@]1(O)CCN(C)C1=O.COC(=O)c1nn(-c2cc(F)cc(Br)c2)c2ncccc12.COC(=O)c1nn(-c2cc(F)cc(C#C[C@]3(O)CCN(C)C3=O)c2)c2ncccc12. The van der Waals surface area contributed by atoms with Crippen molar-refractivity contribution >= 4 is 61.7 Å². The highest BCUT2D eigenvalue weighted by atomic mass is 79.9. The van der Waals surface area contributed by atoms with Gasteiger partial charge in [-0.2, -0.15) is 10.2 Å². The van der Waals surface area contributed by atoms with Gasteiger partial charge in [-0.15, -0.1) is 6.42 Å². The van der Waals surface area contributed by atoms with Gasteiger partial charge in [0.1, 0.15) is 11.6 Å². The van der Waals surface area contributed by atoms with E-state index >= 15 is 0 Å². The molecule has 0 spiro atoms. The number of nitrogens with zero attached hydrogens (tertiary/aromatic N) is 8. The Bertz CT molecular complexity index is 2810. The first-order valence-electron chi connectivity index (χ1n) is 18.1. The molecule has 0 saturated carbocycles. The maximum Gasteiger partial charge on any atom is 0.359 e. The number of aliphatic hydroxyl groups is 2. The quantitative estimate of drug-likeness (QED) is 0.193.